The van der Waals surface area contributed by atoms with Gasteiger partial charge in [-0.25, -0.2) is 10.2 Å². The van der Waals surface area contributed by atoms with Crippen molar-refractivity contribution in [2.24, 2.45) is 0 Å². The van der Waals surface area contributed by atoms with Crippen LogP contribution in [-0.4, -0.2) is 55.1 Å². The molecule has 0 aromatic heterocycles. The molecule has 142 valence electrons. The maximum Gasteiger partial charge on any atom is 0.336 e. The van der Waals surface area contributed by atoms with Gasteiger partial charge in [0.2, 0.25) is 0 Å². The molecule has 0 saturated carbocycles. The van der Waals surface area contributed by atoms with Crippen molar-refractivity contribution < 1.29 is 4.79 Å². The van der Waals surface area contributed by atoms with E-state index >= 15 is 0 Å². The van der Waals surface area contributed by atoms with E-state index in [-0.39, 0.29) is 6.03 Å². The van der Waals surface area contributed by atoms with Gasteiger partial charge in [0.05, 0.1) is 5.69 Å². The molecule has 0 spiro atoms. The molecule has 1 aromatic carbocycles. The van der Waals surface area contributed by atoms with Gasteiger partial charge in [-0.1, -0.05) is 0 Å². The predicted molar refractivity (Wildman–Crippen MR) is 114 cm³/mol. The Kier molecular flexibility index (Phi) is 5.07. The van der Waals surface area contributed by atoms with Crippen molar-refractivity contribution in [3.05, 3.63) is 26.8 Å². The number of piperidine rings is 1. The summed E-state index contributed by atoms with van der Waals surface area (Å²) in [7, 11) is 2.28. The molecule has 3 aliphatic rings. The first-order chi connectivity index (χ1) is 12.5. The number of nitrogens with zero attached hydrogens (tertiary/aromatic N) is 3. The first-order valence-electron chi connectivity index (χ1n) is 9.90. The molecule has 1 N–H and O–H groups in total. The molecule has 0 radical (unpaired) electrons. The van der Waals surface area contributed by atoms with Gasteiger partial charge >= 0.3 is 6.03 Å². The molecule has 2 amide bonds. The first kappa shape index (κ1) is 18.3. The Bertz CT molecular complexity index is 705. The van der Waals surface area contributed by atoms with Gasteiger partial charge in [0, 0.05) is 35.2 Å². The number of benzene rings is 1. The van der Waals surface area contributed by atoms with Gasteiger partial charge in [-0.05, 0) is 98.5 Å². The van der Waals surface area contributed by atoms with Gasteiger partial charge < -0.3 is 9.80 Å². The van der Waals surface area contributed by atoms with Crippen LogP contribution >= 0.6 is 22.6 Å². The summed E-state index contributed by atoms with van der Waals surface area (Å²) >= 11 is 2.43. The van der Waals surface area contributed by atoms with Crippen LogP contribution in [0.15, 0.2) is 12.1 Å². The van der Waals surface area contributed by atoms with Gasteiger partial charge in [0.25, 0.3) is 0 Å². The minimum Gasteiger partial charge on any atom is -0.324 e. The third-order valence-corrected chi connectivity index (χ3v) is 7.14. The molecule has 1 aromatic rings. The number of carbonyl (C=O) groups excluding carboxylic acids is 1. The van der Waals surface area contributed by atoms with Crippen LogP contribution in [-0.2, 0) is 0 Å². The molecular weight excluding hydrogens is 439 g/mol. The highest BCUT2D eigenvalue weighted by atomic mass is 127. The number of halogens is 1. The highest BCUT2D eigenvalue weighted by Crippen LogP contribution is 2.51. The SMILES string of the molecule is CCN(CC)C(=O)NN1CC2C[C@@H]3[C@H](CCCN3C)c3cc(I)cc1c32. The number of carbonyl (C=O) groups is 1. The Labute approximate surface area is 170 Å². The molecule has 4 rings (SSSR count). The van der Waals surface area contributed by atoms with E-state index in [9.17, 15) is 4.79 Å². The normalized spacial score (nSPS) is 27.1. The fourth-order valence-corrected chi connectivity index (χ4v) is 5.86. The summed E-state index contributed by atoms with van der Waals surface area (Å²) in [6.45, 7) is 7.63. The van der Waals surface area contributed by atoms with Gasteiger partial charge in [-0.3, -0.25) is 5.01 Å². The number of anilines is 1. The molecule has 1 unspecified atom stereocenters. The van der Waals surface area contributed by atoms with E-state index in [0.29, 0.717) is 17.9 Å². The first-order valence-corrected chi connectivity index (χ1v) is 11.0. The van der Waals surface area contributed by atoms with E-state index in [2.05, 4.69) is 57.1 Å². The summed E-state index contributed by atoms with van der Waals surface area (Å²) in [6.07, 6.45) is 3.78. The average Bonchev–Trinajstić information content (AvgIpc) is 2.95. The van der Waals surface area contributed by atoms with E-state index in [0.717, 1.165) is 19.6 Å². The molecule has 1 aliphatic carbocycles. The van der Waals surface area contributed by atoms with Crippen molar-refractivity contribution in [1.29, 1.82) is 0 Å². The summed E-state index contributed by atoms with van der Waals surface area (Å²) in [5.74, 6) is 1.17. The minimum atomic E-state index is 0.00999. The molecule has 2 aliphatic heterocycles. The number of hydrogen-bond acceptors (Lipinski definition) is 3. The van der Waals surface area contributed by atoms with E-state index < -0.39 is 0 Å². The lowest BCUT2D eigenvalue weighted by Crippen LogP contribution is -2.49. The smallest absolute Gasteiger partial charge is 0.324 e. The van der Waals surface area contributed by atoms with Crippen molar-refractivity contribution in [2.45, 2.75) is 51.0 Å². The van der Waals surface area contributed by atoms with Gasteiger partial charge in [-0.2, -0.15) is 0 Å². The summed E-state index contributed by atoms with van der Waals surface area (Å²) in [6, 6.07) is 5.30. The number of rotatable bonds is 3. The van der Waals surface area contributed by atoms with E-state index in [4.69, 9.17) is 0 Å². The number of amides is 2. The number of fused-ring (bicyclic) bond motifs is 2. The number of hydrazine groups is 1. The largest absolute Gasteiger partial charge is 0.336 e. The lowest BCUT2D eigenvalue weighted by molar-refractivity contribution is 0.136. The van der Waals surface area contributed by atoms with Crippen LogP contribution in [0.3, 0.4) is 0 Å². The third kappa shape index (κ3) is 2.99. The number of likely N-dealkylation sites (N-methyl/N-ethyl adjacent to an activating group) is 1. The third-order valence-electron chi connectivity index (χ3n) is 6.52. The molecular formula is C20H29IN4O. The predicted octanol–water partition coefficient (Wildman–Crippen LogP) is 3.74. The second-order valence-electron chi connectivity index (χ2n) is 7.86. The second-order valence-corrected chi connectivity index (χ2v) is 9.10. The van der Waals surface area contributed by atoms with E-state index in [1.54, 1.807) is 5.56 Å². The molecule has 1 saturated heterocycles. The number of likely N-dealkylation sites (tertiary alicyclic amines) is 1. The van der Waals surface area contributed by atoms with Crippen molar-refractivity contribution in [3.63, 3.8) is 0 Å². The van der Waals surface area contributed by atoms with Gasteiger partial charge in [-0.15, -0.1) is 0 Å². The zero-order chi connectivity index (χ0) is 18.4. The zero-order valence-corrected chi connectivity index (χ0v) is 18.1. The highest BCUT2D eigenvalue weighted by molar-refractivity contribution is 14.1. The van der Waals surface area contributed by atoms with Crippen LogP contribution < -0.4 is 10.4 Å². The fourth-order valence-electron chi connectivity index (χ4n) is 5.23. The van der Waals surface area contributed by atoms with Crippen molar-refractivity contribution in [1.82, 2.24) is 15.2 Å². The van der Waals surface area contributed by atoms with Gasteiger partial charge in [0.15, 0.2) is 0 Å². The average molecular weight is 468 g/mol. The molecule has 3 atom stereocenters. The monoisotopic (exact) mass is 468 g/mol. The molecule has 6 heteroatoms. The maximum atomic E-state index is 12.6. The highest BCUT2D eigenvalue weighted by Gasteiger charge is 2.44. The molecule has 0 bridgehead atoms. The lowest BCUT2D eigenvalue weighted by Gasteiger charge is -2.44. The summed E-state index contributed by atoms with van der Waals surface area (Å²) in [5.41, 5.74) is 7.45. The van der Waals surface area contributed by atoms with Crippen LogP contribution in [0.5, 0.6) is 0 Å². The molecule has 26 heavy (non-hydrogen) atoms. The summed E-state index contributed by atoms with van der Waals surface area (Å²) in [4.78, 5) is 17.0. The van der Waals surface area contributed by atoms with E-state index in [1.165, 1.54) is 40.6 Å². The van der Waals surface area contributed by atoms with Crippen LogP contribution in [0.2, 0.25) is 0 Å². The quantitative estimate of drug-likeness (QED) is 0.688. The minimum absolute atomic E-state index is 0.00999. The van der Waals surface area contributed by atoms with Crippen molar-refractivity contribution in [3.8, 4) is 0 Å². The lowest BCUT2D eigenvalue weighted by atomic mass is 9.70. The topological polar surface area (TPSA) is 38.8 Å². The van der Waals surface area contributed by atoms with E-state index in [1.807, 2.05) is 18.7 Å². The Balaban J connectivity index is 1.67. The summed E-state index contributed by atoms with van der Waals surface area (Å²) < 4.78 is 1.27. The molecule has 1 fully saturated rings. The summed E-state index contributed by atoms with van der Waals surface area (Å²) in [5, 5.41) is 2.11. The van der Waals surface area contributed by atoms with Crippen LogP contribution in [0, 0.1) is 3.57 Å². The Morgan fingerprint density at radius 1 is 1.35 bits per heavy atom. The van der Waals surface area contributed by atoms with Crippen LogP contribution in [0.1, 0.15) is 56.1 Å². The van der Waals surface area contributed by atoms with Crippen molar-refractivity contribution >= 4 is 34.3 Å². The number of hydrogen-bond donors (Lipinski definition) is 1. The van der Waals surface area contributed by atoms with Crippen molar-refractivity contribution in [2.75, 3.05) is 38.2 Å². The van der Waals surface area contributed by atoms with Crippen LogP contribution in [0.4, 0.5) is 10.5 Å². The Morgan fingerprint density at radius 2 is 2.12 bits per heavy atom. The zero-order valence-electron chi connectivity index (χ0n) is 16.0. The van der Waals surface area contributed by atoms with Gasteiger partial charge in [0.1, 0.15) is 0 Å². The maximum absolute atomic E-state index is 12.6. The number of urea groups is 1. The second kappa shape index (κ2) is 7.19. The fraction of sp³-hybridized carbons (Fsp3) is 0.650. The Hall–Kier alpha value is -1.02. The number of nitrogens with one attached hydrogen (secondary N) is 1. The Morgan fingerprint density at radius 3 is 2.85 bits per heavy atom. The standard InChI is InChI=1S/C20H29IN4O/c1-4-24(5-2)20(26)22-25-12-13-9-17-15(7-6-8-23(17)3)16-10-14(21)11-18(25)19(13)16/h10-11,13,15,17H,4-9,12H2,1-3H3,(H,22,26)/t13?,15-,17-/m1/s1. The van der Waals surface area contributed by atoms with Crippen LogP contribution in [0.25, 0.3) is 0 Å². The molecule has 5 nitrogen and oxygen atoms in total. The molecule has 2 heterocycles.